The zero-order chi connectivity index (χ0) is 19.3. The molecule has 4 heteroatoms. The molecule has 0 saturated carbocycles. The van der Waals surface area contributed by atoms with Gasteiger partial charge in [0.15, 0.2) is 5.78 Å². The molecule has 0 radical (unpaired) electrons. The van der Waals surface area contributed by atoms with E-state index in [2.05, 4.69) is 34.3 Å². The van der Waals surface area contributed by atoms with E-state index in [4.69, 9.17) is 0 Å². The molecule has 2 N–H and O–H groups in total. The summed E-state index contributed by atoms with van der Waals surface area (Å²) in [5, 5.41) is 4.69. The van der Waals surface area contributed by atoms with Gasteiger partial charge in [-0.15, -0.1) is 0 Å². The van der Waals surface area contributed by atoms with Crippen molar-refractivity contribution in [2.45, 2.75) is 38.3 Å². The minimum atomic E-state index is -0.317. The van der Waals surface area contributed by atoms with E-state index in [1.807, 2.05) is 48.7 Å². The molecule has 2 aromatic carbocycles. The second kappa shape index (κ2) is 8.72. The van der Waals surface area contributed by atoms with Crippen molar-refractivity contribution in [3.8, 4) is 0 Å². The Hall–Kier alpha value is -2.43. The summed E-state index contributed by atoms with van der Waals surface area (Å²) in [6.45, 7) is 5.61. The highest BCUT2D eigenvalue weighted by molar-refractivity contribution is 6.10. The lowest BCUT2D eigenvalue weighted by atomic mass is 9.94. The zero-order valence-electron chi connectivity index (χ0n) is 16.5. The van der Waals surface area contributed by atoms with Crippen LogP contribution in [0.2, 0.25) is 0 Å². The predicted molar refractivity (Wildman–Crippen MR) is 115 cm³/mol. The molecule has 1 fully saturated rings. The third-order valence-corrected chi connectivity index (χ3v) is 5.78. The summed E-state index contributed by atoms with van der Waals surface area (Å²) in [7, 11) is 0. The van der Waals surface area contributed by atoms with E-state index in [-0.39, 0.29) is 11.8 Å². The zero-order valence-corrected chi connectivity index (χ0v) is 16.5. The van der Waals surface area contributed by atoms with Crippen LogP contribution in [0.5, 0.6) is 0 Å². The smallest absolute Gasteiger partial charge is 0.186 e. The van der Waals surface area contributed by atoms with E-state index >= 15 is 0 Å². The van der Waals surface area contributed by atoms with Crippen LogP contribution in [0.25, 0.3) is 10.9 Å². The average molecular weight is 376 g/mol. The fourth-order valence-electron chi connectivity index (χ4n) is 4.27. The van der Waals surface area contributed by atoms with E-state index in [1.54, 1.807) is 0 Å². The Balaban J connectivity index is 1.57. The summed E-state index contributed by atoms with van der Waals surface area (Å²) in [5.74, 6) is 0.139. The first kappa shape index (κ1) is 18.9. The number of ketones is 1. The minimum absolute atomic E-state index is 0.139. The second-order valence-corrected chi connectivity index (χ2v) is 7.74. The van der Waals surface area contributed by atoms with Crippen molar-refractivity contribution < 1.29 is 4.79 Å². The number of H-pyrrole nitrogens is 1. The van der Waals surface area contributed by atoms with E-state index < -0.39 is 0 Å². The summed E-state index contributed by atoms with van der Waals surface area (Å²) in [6.07, 6.45) is 5.23. The number of hydrogen-bond acceptors (Lipinski definition) is 3. The lowest BCUT2D eigenvalue weighted by Gasteiger charge is -2.34. The average Bonchev–Trinajstić information content (AvgIpc) is 3.18. The molecule has 1 atom stereocenters. The minimum Gasteiger partial charge on any atom is -0.360 e. The number of piperidine rings is 1. The molecule has 4 rings (SSSR count). The molecule has 3 aromatic rings. The molecule has 0 amide bonds. The summed E-state index contributed by atoms with van der Waals surface area (Å²) in [6, 6.07) is 18.2. The van der Waals surface area contributed by atoms with Gasteiger partial charge in [0.1, 0.15) is 0 Å². The first-order chi connectivity index (χ1) is 13.8. The number of Topliss-reactive ketones (excluding diaryl/α,β-unsaturated/α-hetero) is 1. The van der Waals surface area contributed by atoms with Crippen LogP contribution < -0.4 is 5.32 Å². The van der Waals surface area contributed by atoms with Gasteiger partial charge in [-0.2, -0.15) is 0 Å². The number of rotatable bonds is 7. The predicted octanol–water partition coefficient (Wildman–Crippen LogP) is 4.56. The number of aromatic nitrogens is 1. The van der Waals surface area contributed by atoms with E-state index in [0.717, 1.165) is 48.0 Å². The molecule has 0 spiro atoms. The molecule has 28 heavy (non-hydrogen) atoms. The largest absolute Gasteiger partial charge is 0.360 e. The molecule has 2 heterocycles. The van der Waals surface area contributed by atoms with Gasteiger partial charge >= 0.3 is 0 Å². The number of hydrogen-bond donors (Lipinski definition) is 2. The van der Waals surface area contributed by atoms with Gasteiger partial charge in [-0.05, 0) is 50.5 Å². The van der Waals surface area contributed by atoms with Gasteiger partial charge in [-0.3, -0.25) is 4.79 Å². The molecule has 1 saturated heterocycles. The first-order valence-electron chi connectivity index (χ1n) is 10.4. The Morgan fingerprint density at radius 3 is 2.57 bits per heavy atom. The molecule has 0 aliphatic carbocycles. The van der Waals surface area contributed by atoms with Crippen LogP contribution in [0.4, 0.5) is 0 Å². The van der Waals surface area contributed by atoms with Crippen LogP contribution in [0, 0.1) is 0 Å². The van der Waals surface area contributed by atoms with Crippen LogP contribution in [-0.4, -0.2) is 41.3 Å². The number of nitrogens with zero attached hydrogens (tertiary/aromatic N) is 1. The summed E-state index contributed by atoms with van der Waals surface area (Å²) < 4.78 is 0. The lowest BCUT2D eigenvalue weighted by Crippen LogP contribution is -2.45. The third-order valence-electron chi connectivity index (χ3n) is 5.78. The quantitative estimate of drug-likeness (QED) is 0.595. The summed E-state index contributed by atoms with van der Waals surface area (Å²) >= 11 is 0. The molecule has 1 aliphatic heterocycles. The highest BCUT2D eigenvalue weighted by atomic mass is 16.1. The van der Waals surface area contributed by atoms with Crippen LogP contribution in [-0.2, 0) is 0 Å². The number of para-hydroxylation sites is 1. The number of carbonyl (C=O) groups is 1. The van der Waals surface area contributed by atoms with E-state index in [1.165, 1.54) is 13.0 Å². The highest BCUT2D eigenvalue weighted by Crippen LogP contribution is 2.26. The topological polar surface area (TPSA) is 48.1 Å². The molecule has 1 aliphatic rings. The summed E-state index contributed by atoms with van der Waals surface area (Å²) in [4.78, 5) is 19.3. The molecule has 4 nitrogen and oxygen atoms in total. The maximum Gasteiger partial charge on any atom is 0.186 e. The third kappa shape index (κ3) is 4.03. The van der Waals surface area contributed by atoms with Crippen molar-refractivity contribution in [3.05, 3.63) is 71.9 Å². The first-order valence-corrected chi connectivity index (χ1v) is 10.4. The Morgan fingerprint density at radius 2 is 1.82 bits per heavy atom. The normalized spacial score (nSPS) is 17.0. The van der Waals surface area contributed by atoms with Gasteiger partial charge in [-0.1, -0.05) is 55.5 Å². The van der Waals surface area contributed by atoms with Crippen LogP contribution >= 0.6 is 0 Å². The lowest BCUT2D eigenvalue weighted by molar-refractivity contribution is 0.0924. The van der Waals surface area contributed by atoms with Gasteiger partial charge in [0.2, 0.25) is 0 Å². The van der Waals surface area contributed by atoms with Crippen molar-refractivity contribution >= 4 is 16.7 Å². The molecule has 146 valence electrons. The van der Waals surface area contributed by atoms with Gasteiger partial charge in [0.05, 0.1) is 6.04 Å². The number of nitrogens with one attached hydrogen (secondary N) is 2. The fraction of sp³-hybridized carbons (Fsp3) is 0.375. The Bertz CT molecular complexity index is 910. The van der Waals surface area contributed by atoms with Crippen molar-refractivity contribution in [1.29, 1.82) is 0 Å². The molecular weight excluding hydrogens is 346 g/mol. The van der Waals surface area contributed by atoms with Crippen LogP contribution in [0.1, 0.15) is 48.1 Å². The Kier molecular flexibility index (Phi) is 5.89. The monoisotopic (exact) mass is 375 g/mol. The van der Waals surface area contributed by atoms with Crippen molar-refractivity contribution in [3.63, 3.8) is 0 Å². The molecule has 0 bridgehead atoms. The van der Waals surface area contributed by atoms with Gasteiger partial charge in [0, 0.05) is 28.7 Å². The maximum atomic E-state index is 13.6. The second-order valence-electron chi connectivity index (χ2n) is 7.74. The molecule has 1 aromatic heterocycles. The van der Waals surface area contributed by atoms with Crippen molar-refractivity contribution in [1.82, 2.24) is 15.2 Å². The van der Waals surface area contributed by atoms with Crippen LogP contribution in [0.15, 0.2) is 60.8 Å². The highest BCUT2D eigenvalue weighted by Gasteiger charge is 2.28. The Morgan fingerprint density at radius 1 is 1.11 bits per heavy atom. The number of aromatic amines is 1. The van der Waals surface area contributed by atoms with Crippen molar-refractivity contribution in [2.75, 3.05) is 19.6 Å². The Labute approximate surface area is 166 Å². The number of fused-ring (bicyclic) bond motifs is 1. The van der Waals surface area contributed by atoms with Crippen LogP contribution in [0.3, 0.4) is 0 Å². The van der Waals surface area contributed by atoms with E-state index in [9.17, 15) is 4.79 Å². The number of carbonyl (C=O) groups excluding carboxylic acids is 1. The number of benzene rings is 2. The van der Waals surface area contributed by atoms with Crippen molar-refractivity contribution in [2.24, 2.45) is 0 Å². The SMILES string of the molecule is CCCN1CCC(N[C@@H](C(=O)c2c[nH]c3ccccc23)c2ccccc2)CC1. The van der Waals surface area contributed by atoms with Gasteiger partial charge in [-0.25, -0.2) is 0 Å². The molecule has 0 unspecified atom stereocenters. The van der Waals surface area contributed by atoms with Gasteiger partial charge in [0.25, 0.3) is 0 Å². The van der Waals surface area contributed by atoms with E-state index in [0.29, 0.717) is 6.04 Å². The molecular formula is C24H29N3O. The summed E-state index contributed by atoms with van der Waals surface area (Å²) in [5.41, 5.74) is 2.81. The number of likely N-dealkylation sites (tertiary alicyclic amines) is 1. The maximum absolute atomic E-state index is 13.6. The fourth-order valence-corrected chi connectivity index (χ4v) is 4.27. The standard InChI is InChI=1S/C24H29N3O/c1-2-14-27-15-12-19(13-16-27)26-23(18-8-4-3-5-9-18)24(28)21-17-25-22-11-7-6-10-20(21)22/h3-11,17,19,23,25-26H,2,12-16H2,1H3/t23-/m1/s1. The van der Waals surface area contributed by atoms with Gasteiger partial charge < -0.3 is 15.2 Å².